The molecule has 0 aliphatic heterocycles. The zero-order valence-corrected chi connectivity index (χ0v) is 61.1. The summed E-state index contributed by atoms with van der Waals surface area (Å²) in [6.07, 6.45) is 47.6. The van der Waals surface area contributed by atoms with E-state index in [4.69, 9.17) is 37.0 Å². The van der Waals surface area contributed by atoms with Crippen LogP contribution in [0.2, 0.25) is 0 Å². The Balaban J connectivity index is 5.16. The first-order chi connectivity index (χ1) is 43.7. The molecule has 0 aromatic carbocycles. The van der Waals surface area contributed by atoms with Gasteiger partial charge in [0.25, 0.3) is 0 Å². The van der Waals surface area contributed by atoms with Crippen LogP contribution in [0.3, 0.4) is 0 Å². The van der Waals surface area contributed by atoms with E-state index in [0.29, 0.717) is 25.7 Å². The Morgan fingerprint density at radius 1 is 0.297 bits per heavy atom. The second-order valence-electron chi connectivity index (χ2n) is 27.4. The van der Waals surface area contributed by atoms with Crippen LogP contribution in [-0.4, -0.2) is 96.7 Å². The molecule has 0 heterocycles. The smallest absolute Gasteiger partial charge is 0.462 e. The molecule has 0 rings (SSSR count). The number of ether oxygens (including phenoxy) is 4. The summed E-state index contributed by atoms with van der Waals surface area (Å²) in [5.74, 6) is 0.203. The molecule has 0 aromatic heterocycles. The van der Waals surface area contributed by atoms with E-state index in [9.17, 15) is 43.2 Å². The first-order valence-electron chi connectivity index (χ1n) is 37.3. The molecule has 0 aliphatic carbocycles. The number of hydrogen-bond donors (Lipinski definition) is 3. The molecule has 17 nitrogen and oxygen atoms in total. The van der Waals surface area contributed by atoms with Crippen molar-refractivity contribution in [1.29, 1.82) is 0 Å². The van der Waals surface area contributed by atoms with Crippen LogP contribution < -0.4 is 0 Å². The fourth-order valence-electron chi connectivity index (χ4n) is 10.9. The van der Waals surface area contributed by atoms with Crippen molar-refractivity contribution < 1.29 is 80.2 Å². The number of phosphoric ester groups is 2. The zero-order valence-electron chi connectivity index (χ0n) is 59.3. The van der Waals surface area contributed by atoms with E-state index in [1.54, 1.807) is 0 Å². The lowest BCUT2D eigenvalue weighted by Gasteiger charge is -2.21. The third-order valence-corrected chi connectivity index (χ3v) is 18.5. The molecule has 0 radical (unpaired) electrons. The molecule has 0 aliphatic rings. The summed E-state index contributed by atoms with van der Waals surface area (Å²) >= 11 is 0. The lowest BCUT2D eigenvalue weighted by Crippen LogP contribution is -2.30. The molecular weight excluding hydrogens is 1200 g/mol. The number of unbranched alkanes of at least 4 members (excludes halogenated alkanes) is 38. The maximum absolute atomic E-state index is 13.0. The number of aliphatic hydroxyl groups excluding tert-OH is 1. The summed E-state index contributed by atoms with van der Waals surface area (Å²) in [7, 11) is -9.90. The summed E-state index contributed by atoms with van der Waals surface area (Å²) in [5.41, 5.74) is 0. The topological polar surface area (TPSA) is 237 Å². The SMILES string of the molecule is CCCCCCCC(=O)OC[C@H](COP(=O)(O)OC[C@H](O)COP(=O)(O)OC[C@@H](COC(=O)CCCCCCCCCCCCCCC(C)C)OC(=O)CCCCCCCCCCCCCCCCCC(C)C)OC(=O)CCCCCCCCCCCCC(C)C. The van der Waals surface area contributed by atoms with Gasteiger partial charge in [-0.25, -0.2) is 9.13 Å². The standard InChI is InChI=1S/C72H140O17P2/c1-8-9-10-36-46-53-69(74)82-59-67(88-71(76)56-49-42-35-29-23-22-26-32-39-45-52-65(6)7)61-86-90(78,79)84-57-66(73)58-85-91(80,81)87-62-68(60-83-70(75)54-47-40-33-27-20-17-16-19-25-31-38-44-51-64(4)5)89-72(77)55-48-41-34-28-21-15-13-11-12-14-18-24-30-37-43-50-63(2)3/h63-68,73H,8-62H2,1-7H3,(H,78,79)(H,80,81)/t66-,67+,68+/m0/s1. The van der Waals surface area contributed by atoms with Gasteiger partial charge in [-0.15, -0.1) is 0 Å². The maximum atomic E-state index is 13.0. The maximum Gasteiger partial charge on any atom is 0.472 e. The Morgan fingerprint density at radius 3 is 0.747 bits per heavy atom. The third kappa shape index (κ3) is 66.5. The molecule has 5 atom stereocenters. The largest absolute Gasteiger partial charge is 0.472 e. The highest BCUT2D eigenvalue weighted by atomic mass is 31.2. The van der Waals surface area contributed by atoms with Gasteiger partial charge in [-0.05, 0) is 43.4 Å². The van der Waals surface area contributed by atoms with Crippen molar-refractivity contribution >= 4 is 39.5 Å². The molecule has 0 bridgehead atoms. The van der Waals surface area contributed by atoms with Gasteiger partial charge in [-0.3, -0.25) is 37.3 Å². The number of esters is 4. The second kappa shape index (κ2) is 62.8. The highest BCUT2D eigenvalue weighted by Crippen LogP contribution is 2.45. The molecule has 0 aromatic rings. The highest BCUT2D eigenvalue weighted by Gasteiger charge is 2.30. The van der Waals surface area contributed by atoms with Gasteiger partial charge in [0.2, 0.25) is 0 Å². The first kappa shape index (κ1) is 89.1. The van der Waals surface area contributed by atoms with Crippen molar-refractivity contribution in [2.24, 2.45) is 17.8 Å². The summed E-state index contributed by atoms with van der Waals surface area (Å²) < 4.78 is 68.2. The molecule has 19 heteroatoms. The second-order valence-corrected chi connectivity index (χ2v) is 30.3. The van der Waals surface area contributed by atoms with Gasteiger partial charge < -0.3 is 33.8 Å². The van der Waals surface area contributed by atoms with Crippen molar-refractivity contribution in [3.8, 4) is 0 Å². The molecule has 91 heavy (non-hydrogen) atoms. The number of aliphatic hydroxyl groups is 1. The number of hydrogen-bond acceptors (Lipinski definition) is 15. The molecule has 0 amide bonds. The van der Waals surface area contributed by atoms with Crippen molar-refractivity contribution in [2.75, 3.05) is 39.6 Å². The normalized spacial score (nSPS) is 14.2. The summed E-state index contributed by atoms with van der Waals surface area (Å²) in [5, 5.41) is 10.6. The first-order valence-corrected chi connectivity index (χ1v) is 40.3. The summed E-state index contributed by atoms with van der Waals surface area (Å²) in [6.45, 7) is 11.8. The van der Waals surface area contributed by atoms with E-state index in [2.05, 4.69) is 48.5 Å². The van der Waals surface area contributed by atoms with E-state index in [1.165, 1.54) is 167 Å². The lowest BCUT2D eigenvalue weighted by molar-refractivity contribution is -0.161. The van der Waals surface area contributed by atoms with Gasteiger partial charge in [0.1, 0.15) is 19.3 Å². The lowest BCUT2D eigenvalue weighted by atomic mass is 10.0. The minimum Gasteiger partial charge on any atom is -0.462 e. The Kier molecular flexibility index (Phi) is 61.5. The average molecular weight is 1340 g/mol. The Morgan fingerprint density at radius 2 is 0.505 bits per heavy atom. The predicted molar refractivity (Wildman–Crippen MR) is 368 cm³/mol. The van der Waals surface area contributed by atoms with Gasteiger partial charge >= 0.3 is 39.5 Å². The minimum atomic E-state index is -4.95. The third-order valence-electron chi connectivity index (χ3n) is 16.6. The molecule has 2 unspecified atom stereocenters. The van der Waals surface area contributed by atoms with E-state index < -0.39 is 97.5 Å². The van der Waals surface area contributed by atoms with E-state index in [0.717, 1.165) is 114 Å². The van der Waals surface area contributed by atoms with Crippen molar-refractivity contribution in [2.45, 2.75) is 381 Å². The minimum absolute atomic E-state index is 0.105. The van der Waals surface area contributed by atoms with E-state index >= 15 is 0 Å². The molecule has 0 spiro atoms. The average Bonchev–Trinajstić information content (AvgIpc) is 3.37. The Bertz CT molecular complexity index is 1780. The van der Waals surface area contributed by atoms with Gasteiger partial charge in [0.15, 0.2) is 12.2 Å². The fourth-order valence-corrected chi connectivity index (χ4v) is 12.5. The van der Waals surface area contributed by atoms with E-state index in [-0.39, 0.29) is 25.7 Å². The van der Waals surface area contributed by atoms with Gasteiger partial charge in [0, 0.05) is 25.7 Å². The summed E-state index contributed by atoms with van der Waals surface area (Å²) in [4.78, 5) is 72.4. The van der Waals surface area contributed by atoms with Gasteiger partial charge in [-0.1, -0.05) is 312 Å². The Hall–Kier alpha value is -1.94. The molecule has 0 fully saturated rings. The van der Waals surface area contributed by atoms with Crippen molar-refractivity contribution in [3.05, 3.63) is 0 Å². The van der Waals surface area contributed by atoms with Crippen LogP contribution in [0.25, 0.3) is 0 Å². The molecule has 0 saturated carbocycles. The molecular formula is C72H140O17P2. The predicted octanol–water partition coefficient (Wildman–Crippen LogP) is 20.6. The van der Waals surface area contributed by atoms with Gasteiger partial charge in [-0.2, -0.15) is 0 Å². The van der Waals surface area contributed by atoms with Crippen molar-refractivity contribution in [3.63, 3.8) is 0 Å². The highest BCUT2D eigenvalue weighted by molar-refractivity contribution is 7.47. The number of rotatable bonds is 70. The number of phosphoric acid groups is 2. The van der Waals surface area contributed by atoms with Crippen LogP contribution in [0.4, 0.5) is 0 Å². The molecule has 3 N–H and O–H groups in total. The van der Waals surface area contributed by atoms with Crippen LogP contribution >= 0.6 is 15.6 Å². The number of carbonyl (C=O) groups excluding carboxylic acids is 4. The van der Waals surface area contributed by atoms with E-state index in [1.807, 2.05) is 0 Å². The van der Waals surface area contributed by atoms with Crippen LogP contribution in [0.5, 0.6) is 0 Å². The van der Waals surface area contributed by atoms with Crippen LogP contribution in [0.15, 0.2) is 0 Å². The monoisotopic (exact) mass is 1340 g/mol. The van der Waals surface area contributed by atoms with Crippen LogP contribution in [0, 0.1) is 17.8 Å². The summed E-state index contributed by atoms with van der Waals surface area (Å²) in [6, 6.07) is 0. The molecule has 0 saturated heterocycles. The molecule has 540 valence electrons. The van der Waals surface area contributed by atoms with Crippen molar-refractivity contribution in [1.82, 2.24) is 0 Å². The van der Waals surface area contributed by atoms with Gasteiger partial charge in [0.05, 0.1) is 26.4 Å². The number of carbonyl (C=O) groups is 4. The fraction of sp³-hybridized carbons (Fsp3) is 0.944. The van der Waals surface area contributed by atoms with Crippen LogP contribution in [0.1, 0.15) is 363 Å². The zero-order chi connectivity index (χ0) is 67.3. The Labute approximate surface area is 556 Å². The quantitative estimate of drug-likeness (QED) is 0.0222. The van der Waals surface area contributed by atoms with Crippen LogP contribution in [-0.2, 0) is 65.4 Å².